The minimum absolute atomic E-state index is 0.139. The van der Waals surface area contributed by atoms with Crippen molar-refractivity contribution in [3.05, 3.63) is 41.3 Å². The molecule has 1 N–H and O–H groups in total. The number of carbonyl (C=O) groups is 1. The molecule has 1 rings (SSSR count). The second kappa shape index (κ2) is 3.66. The van der Waals surface area contributed by atoms with Crippen molar-refractivity contribution in [2.75, 3.05) is 5.32 Å². The van der Waals surface area contributed by atoms with E-state index in [2.05, 4.69) is 12.2 Å². The number of benzene rings is 1. The molecule has 13 heavy (non-hydrogen) atoms. The highest BCUT2D eigenvalue weighted by Gasteiger charge is 2.12. The summed E-state index contributed by atoms with van der Waals surface area (Å²) in [7, 11) is 0. The fraction of sp³-hybridized carbons (Fsp3) is 0. The van der Waals surface area contributed by atoms with E-state index in [0.29, 0.717) is 0 Å². The number of anilines is 1. The number of nitro benzene ring substituents is 1. The van der Waals surface area contributed by atoms with E-state index in [9.17, 15) is 14.9 Å². The van der Waals surface area contributed by atoms with E-state index in [1.165, 1.54) is 18.2 Å². The largest absolute Gasteiger partial charge is 0.320 e. The molecule has 67 valence electrons. The van der Waals surface area contributed by atoms with Crippen molar-refractivity contribution >= 4 is 17.3 Å². The molecule has 0 spiro atoms. The van der Waals surface area contributed by atoms with Crippen molar-refractivity contribution in [1.82, 2.24) is 0 Å². The van der Waals surface area contributed by atoms with Gasteiger partial charge in [-0.05, 0) is 6.07 Å². The number of amides is 1. The summed E-state index contributed by atoms with van der Waals surface area (Å²) in [6.45, 7) is 3.06. The van der Waals surface area contributed by atoms with E-state index < -0.39 is 10.8 Å². The van der Waals surface area contributed by atoms with Gasteiger partial charge in [-0.15, -0.1) is 0 Å². The van der Waals surface area contributed by atoms with Gasteiger partial charge < -0.3 is 5.32 Å². The summed E-state index contributed by atoms with van der Waals surface area (Å²) in [5, 5.41) is 12.7. The Hall–Kier alpha value is -1.91. The van der Waals surface area contributed by atoms with Gasteiger partial charge in [-0.3, -0.25) is 14.9 Å². The maximum Gasteiger partial charge on any atom is 0.292 e. The monoisotopic (exact) mass is 179 g/mol. The van der Waals surface area contributed by atoms with Crippen LogP contribution < -0.4 is 5.32 Å². The SMILES string of the molecule is [CH2]C(=O)Nc1ccccc1[N+](=O)[O-]. The van der Waals surface area contributed by atoms with Crippen molar-refractivity contribution in [2.24, 2.45) is 0 Å². The highest BCUT2D eigenvalue weighted by atomic mass is 16.6. The zero-order valence-electron chi connectivity index (χ0n) is 6.69. The Morgan fingerprint density at radius 2 is 2.08 bits per heavy atom. The zero-order valence-corrected chi connectivity index (χ0v) is 6.69. The number of para-hydroxylation sites is 2. The molecule has 0 fully saturated rings. The third kappa shape index (κ3) is 2.26. The first-order valence-electron chi connectivity index (χ1n) is 3.47. The van der Waals surface area contributed by atoms with Crippen LogP contribution in [0.15, 0.2) is 24.3 Å². The van der Waals surface area contributed by atoms with E-state index >= 15 is 0 Å². The molecule has 0 aliphatic carbocycles. The molecular weight excluding hydrogens is 172 g/mol. The number of nitro groups is 1. The zero-order chi connectivity index (χ0) is 9.84. The van der Waals surface area contributed by atoms with Crippen molar-refractivity contribution in [3.63, 3.8) is 0 Å². The molecule has 5 heteroatoms. The number of hydrogen-bond donors (Lipinski definition) is 1. The predicted octanol–water partition coefficient (Wildman–Crippen LogP) is 1.37. The molecule has 0 heterocycles. The van der Waals surface area contributed by atoms with Crippen LogP contribution in [-0.2, 0) is 4.79 Å². The van der Waals surface area contributed by atoms with Crippen LogP contribution in [0.5, 0.6) is 0 Å². The number of hydrogen-bond acceptors (Lipinski definition) is 3. The number of rotatable bonds is 2. The second-order valence-electron chi connectivity index (χ2n) is 2.32. The van der Waals surface area contributed by atoms with E-state index in [-0.39, 0.29) is 11.4 Å². The first-order valence-corrected chi connectivity index (χ1v) is 3.47. The highest BCUT2D eigenvalue weighted by molar-refractivity contribution is 5.95. The molecule has 0 bridgehead atoms. The Morgan fingerprint density at radius 1 is 1.46 bits per heavy atom. The molecule has 1 aromatic carbocycles. The third-order valence-corrected chi connectivity index (χ3v) is 1.37. The quantitative estimate of drug-likeness (QED) is 0.550. The normalized spacial score (nSPS) is 9.31. The minimum atomic E-state index is -0.575. The molecule has 0 saturated heterocycles. The minimum Gasteiger partial charge on any atom is -0.320 e. The number of nitrogens with one attached hydrogen (secondary N) is 1. The van der Waals surface area contributed by atoms with E-state index in [1.54, 1.807) is 6.07 Å². The van der Waals surface area contributed by atoms with E-state index in [4.69, 9.17) is 0 Å². The molecule has 5 nitrogen and oxygen atoms in total. The topological polar surface area (TPSA) is 72.2 Å². The summed E-state index contributed by atoms with van der Waals surface area (Å²) < 4.78 is 0. The lowest BCUT2D eigenvalue weighted by molar-refractivity contribution is -0.383. The smallest absolute Gasteiger partial charge is 0.292 e. The molecule has 0 unspecified atom stereocenters. The Morgan fingerprint density at radius 3 is 2.62 bits per heavy atom. The Bertz CT molecular complexity index is 349. The second-order valence-corrected chi connectivity index (χ2v) is 2.32. The lowest BCUT2D eigenvalue weighted by Crippen LogP contribution is -2.07. The van der Waals surface area contributed by atoms with Gasteiger partial charge in [-0.25, -0.2) is 0 Å². The molecule has 0 aliphatic heterocycles. The van der Waals surface area contributed by atoms with Crippen LogP contribution in [-0.4, -0.2) is 10.8 Å². The lowest BCUT2D eigenvalue weighted by atomic mass is 10.2. The van der Waals surface area contributed by atoms with Gasteiger partial charge in [0.2, 0.25) is 5.91 Å². The van der Waals surface area contributed by atoms with Crippen LogP contribution in [0.1, 0.15) is 0 Å². The highest BCUT2D eigenvalue weighted by Crippen LogP contribution is 2.22. The fourth-order valence-corrected chi connectivity index (χ4v) is 0.889. The van der Waals surface area contributed by atoms with Crippen LogP contribution in [0.25, 0.3) is 0 Å². The Kier molecular flexibility index (Phi) is 2.59. The van der Waals surface area contributed by atoms with Gasteiger partial charge in [0.15, 0.2) is 0 Å². The van der Waals surface area contributed by atoms with Crippen molar-refractivity contribution < 1.29 is 9.72 Å². The Balaban J connectivity index is 3.04. The lowest BCUT2D eigenvalue weighted by Gasteiger charge is -2.01. The number of carbonyl (C=O) groups excluding carboxylic acids is 1. The van der Waals surface area contributed by atoms with Crippen molar-refractivity contribution in [2.45, 2.75) is 0 Å². The fourth-order valence-electron chi connectivity index (χ4n) is 0.889. The molecular formula is C8H7N2O3. The molecule has 0 saturated carbocycles. The van der Waals surface area contributed by atoms with Crippen molar-refractivity contribution in [3.8, 4) is 0 Å². The maximum atomic E-state index is 10.5. The van der Waals surface area contributed by atoms with Crippen LogP contribution in [0, 0.1) is 17.0 Å². The summed E-state index contributed by atoms with van der Waals surface area (Å²) in [6.07, 6.45) is 0. The molecule has 0 atom stereocenters. The summed E-state index contributed by atoms with van der Waals surface area (Å²) in [5.41, 5.74) is 0.0204. The first-order chi connectivity index (χ1) is 6.11. The van der Waals surface area contributed by atoms with Gasteiger partial charge >= 0.3 is 0 Å². The average molecular weight is 179 g/mol. The number of nitrogens with zero attached hydrogens (tertiary/aromatic N) is 1. The summed E-state index contributed by atoms with van der Waals surface area (Å²) in [4.78, 5) is 20.4. The third-order valence-electron chi connectivity index (χ3n) is 1.37. The Labute approximate surface area is 74.5 Å². The van der Waals surface area contributed by atoms with Gasteiger partial charge in [0.1, 0.15) is 5.69 Å². The van der Waals surface area contributed by atoms with Crippen molar-refractivity contribution in [1.29, 1.82) is 0 Å². The van der Waals surface area contributed by atoms with E-state index in [1.807, 2.05) is 0 Å². The van der Waals surface area contributed by atoms with Crippen LogP contribution in [0.2, 0.25) is 0 Å². The summed E-state index contributed by atoms with van der Waals surface area (Å²) in [6, 6.07) is 5.88. The average Bonchev–Trinajstić information content (AvgIpc) is 2.03. The predicted molar refractivity (Wildman–Crippen MR) is 47.1 cm³/mol. The molecule has 1 radical (unpaired) electrons. The van der Waals surface area contributed by atoms with Crippen LogP contribution in [0.3, 0.4) is 0 Å². The van der Waals surface area contributed by atoms with Gasteiger partial charge in [0.05, 0.1) is 4.92 Å². The first kappa shape index (κ1) is 9.18. The van der Waals surface area contributed by atoms with Gasteiger partial charge in [-0.2, -0.15) is 0 Å². The summed E-state index contributed by atoms with van der Waals surface area (Å²) in [5.74, 6) is -0.575. The summed E-state index contributed by atoms with van der Waals surface area (Å²) >= 11 is 0. The molecule has 0 aromatic heterocycles. The molecule has 1 amide bonds. The van der Waals surface area contributed by atoms with Gasteiger partial charge in [-0.1, -0.05) is 12.1 Å². The van der Waals surface area contributed by atoms with Crippen LogP contribution in [0.4, 0.5) is 11.4 Å². The molecule has 1 aromatic rings. The van der Waals surface area contributed by atoms with Crippen LogP contribution >= 0.6 is 0 Å². The molecule has 0 aliphatic rings. The van der Waals surface area contributed by atoms with Gasteiger partial charge in [0, 0.05) is 13.0 Å². The maximum absolute atomic E-state index is 10.5. The van der Waals surface area contributed by atoms with Gasteiger partial charge in [0.25, 0.3) is 5.69 Å². The standard InChI is InChI=1S/C8H7N2O3/c1-6(11)9-7-4-2-3-5-8(7)10(12)13/h2-5H,1H2,(H,9,11). The van der Waals surface area contributed by atoms with E-state index in [0.717, 1.165) is 0 Å².